The van der Waals surface area contributed by atoms with E-state index in [2.05, 4.69) is 20.0 Å². The van der Waals surface area contributed by atoms with Crippen LogP contribution in [0.4, 0.5) is 17.3 Å². The number of sulfonamides is 1. The second kappa shape index (κ2) is 9.05. The average Bonchev–Trinajstić information content (AvgIpc) is 2.99. The average molecular weight is 518 g/mol. The first-order valence-electron chi connectivity index (χ1n) is 9.81. The fourth-order valence-electron chi connectivity index (χ4n) is 3.11. The lowest BCUT2D eigenvalue weighted by Crippen LogP contribution is -2.32. The van der Waals surface area contributed by atoms with E-state index in [-0.39, 0.29) is 27.3 Å². The Bertz CT molecular complexity index is 1460. The number of rotatable bonds is 6. The highest BCUT2D eigenvalue weighted by Crippen LogP contribution is 2.32. The number of benzene rings is 2. The van der Waals surface area contributed by atoms with Gasteiger partial charge in [-0.15, -0.1) is 0 Å². The summed E-state index contributed by atoms with van der Waals surface area (Å²) in [5, 5.41) is 2.90. The van der Waals surface area contributed by atoms with Gasteiger partial charge >= 0.3 is 0 Å². The summed E-state index contributed by atoms with van der Waals surface area (Å²) < 4.78 is 27.5. The molecule has 0 saturated carbocycles. The highest BCUT2D eigenvalue weighted by atomic mass is 35.5. The van der Waals surface area contributed by atoms with Crippen LogP contribution >= 0.6 is 23.2 Å². The van der Waals surface area contributed by atoms with Crippen LogP contribution in [0.2, 0.25) is 5.02 Å². The molecule has 9 nitrogen and oxygen atoms in total. The number of aryl methyl sites for hydroxylation is 2. The number of hydrogen-bond acceptors (Lipinski definition) is 7. The molecular weight excluding hydrogens is 501 g/mol. The fourth-order valence-corrected chi connectivity index (χ4v) is 4.44. The number of amides is 2. The first-order valence-corrected chi connectivity index (χ1v) is 12.0. The smallest absolute Gasteiger partial charge is 0.283 e. The lowest BCUT2D eigenvalue weighted by Gasteiger charge is -2.16. The van der Waals surface area contributed by atoms with Crippen LogP contribution in [0.1, 0.15) is 11.3 Å². The van der Waals surface area contributed by atoms with Crippen molar-refractivity contribution in [3.63, 3.8) is 0 Å². The van der Waals surface area contributed by atoms with Crippen molar-refractivity contribution in [1.29, 1.82) is 0 Å². The summed E-state index contributed by atoms with van der Waals surface area (Å²) in [7, 11) is -3.94. The molecule has 0 atom stereocenters. The largest absolute Gasteiger partial charge is 0.350 e. The minimum atomic E-state index is -3.94. The van der Waals surface area contributed by atoms with Crippen LogP contribution in [-0.2, 0) is 19.6 Å². The van der Waals surface area contributed by atoms with E-state index >= 15 is 0 Å². The van der Waals surface area contributed by atoms with Gasteiger partial charge in [-0.1, -0.05) is 29.3 Å². The van der Waals surface area contributed by atoms with E-state index in [1.807, 2.05) is 0 Å². The molecule has 0 aliphatic carbocycles. The van der Waals surface area contributed by atoms with Gasteiger partial charge in [0, 0.05) is 22.6 Å². The molecule has 12 heteroatoms. The zero-order valence-electron chi connectivity index (χ0n) is 17.8. The molecule has 0 saturated heterocycles. The first kappa shape index (κ1) is 23.7. The van der Waals surface area contributed by atoms with E-state index in [0.29, 0.717) is 16.4 Å². The van der Waals surface area contributed by atoms with Crippen molar-refractivity contribution in [2.24, 2.45) is 0 Å². The van der Waals surface area contributed by atoms with Crippen molar-refractivity contribution < 1.29 is 18.0 Å². The van der Waals surface area contributed by atoms with E-state index < -0.39 is 21.8 Å². The van der Waals surface area contributed by atoms with Gasteiger partial charge in [0.2, 0.25) is 5.95 Å². The molecule has 0 spiro atoms. The molecular formula is C22H17Cl2N5O4S. The summed E-state index contributed by atoms with van der Waals surface area (Å²) >= 11 is 12.3. The van der Waals surface area contributed by atoms with Crippen LogP contribution in [0.3, 0.4) is 0 Å². The Morgan fingerprint density at radius 3 is 2.29 bits per heavy atom. The Balaban J connectivity index is 1.53. The topological polar surface area (TPSA) is 121 Å². The van der Waals surface area contributed by atoms with Crippen molar-refractivity contribution in [2.75, 3.05) is 14.9 Å². The van der Waals surface area contributed by atoms with Crippen molar-refractivity contribution in [3.8, 4) is 0 Å². The monoisotopic (exact) mass is 517 g/mol. The summed E-state index contributed by atoms with van der Waals surface area (Å²) in [6.07, 6.45) is 1.44. The molecule has 1 aliphatic heterocycles. The van der Waals surface area contributed by atoms with Gasteiger partial charge in [0.1, 0.15) is 10.7 Å². The van der Waals surface area contributed by atoms with E-state index in [9.17, 15) is 18.0 Å². The zero-order chi connectivity index (χ0) is 24.6. The molecule has 1 aromatic heterocycles. The number of imide groups is 1. The minimum absolute atomic E-state index is 0.0482. The second-order valence-electron chi connectivity index (χ2n) is 7.34. The van der Waals surface area contributed by atoms with E-state index in [4.69, 9.17) is 23.2 Å². The summed E-state index contributed by atoms with van der Waals surface area (Å²) in [4.78, 5) is 34.3. The van der Waals surface area contributed by atoms with Crippen molar-refractivity contribution in [2.45, 2.75) is 18.7 Å². The number of halogens is 2. The number of hydrogen-bond donors (Lipinski definition) is 2. The summed E-state index contributed by atoms with van der Waals surface area (Å²) in [6.45, 7) is 3.51. The molecule has 3 aromatic rings. The maximum absolute atomic E-state index is 12.9. The lowest BCUT2D eigenvalue weighted by molar-refractivity contribution is -0.120. The SMILES string of the molecule is Cc1ccnc(NS(=O)(=O)c2ccc(NC3=C(Cl)C(=O)N(c4ccc(C)c(Cl)c4)C3=O)cc2)n1. The summed E-state index contributed by atoms with van der Waals surface area (Å²) in [5.74, 6) is -1.41. The van der Waals surface area contributed by atoms with Gasteiger partial charge in [-0.2, -0.15) is 0 Å². The van der Waals surface area contributed by atoms with E-state index in [1.165, 1.54) is 36.5 Å². The third-order valence-corrected chi connectivity index (χ3v) is 7.00. The Kier molecular flexibility index (Phi) is 6.30. The fraction of sp³-hybridized carbons (Fsp3) is 0.0909. The van der Waals surface area contributed by atoms with Gasteiger partial charge in [0.05, 0.1) is 10.6 Å². The maximum atomic E-state index is 12.9. The number of carbonyl (C=O) groups is 2. The quantitative estimate of drug-likeness (QED) is 0.474. The number of aromatic nitrogens is 2. The van der Waals surface area contributed by atoms with Crippen LogP contribution in [0.15, 0.2) is 70.4 Å². The first-order chi connectivity index (χ1) is 16.1. The van der Waals surface area contributed by atoms with Gasteiger partial charge in [0.25, 0.3) is 21.8 Å². The lowest BCUT2D eigenvalue weighted by atomic mass is 10.2. The number of anilines is 3. The Labute approximate surface area is 205 Å². The van der Waals surface area contributed by atoms with Crippen molar-refractivity contribution >= 4 is 62.4 Å². The highest BCUT2D eigenvalue weighted by Gasteiger charge is 2.39. The third-order valence-electron chi connectivity index (χ3n) is 4.90. The molecule has 0 radical (unpaired) electrons. The van der Waals surface area contributed by atoms with Gasteiger partial charge in [-0.05, 0) is 61.9 Å². The van der Waals surface area contributed by atoms with E-state index in [0.717, 1.165) is 10.5 Å². The van der Waals surface area contributed by atoms with Crippen LogP contribution in [0.5, 0.6) is 0 Å². The molecule has 2 N–H and O–H groups in total. The highest BCUT2D eigenvalue weighted by molar-refractivity contribution is 7.92. The predicted molar refractivity (Wildman–Crippen MR) is 129 cm³/mol. The number of nitrogens with one attached hydrogen (secondary N) is 2. The zero-order valence-corrected chi connectivity index (χ0v) is 20.2. The predicted octanol–water partition coefficient (Wildman–Crippen LogP) is 3.98. The maximum Gasteiger partial charge on any atom is 0.283 e. The molecule has 0 unspecified atom stereocenters. The van der Waals surface area contributed by atoms with Crippen LogP contribution in [0, 0.1) is 13.8 Å². The standard InChI is InChI=1S/C22H17Cl2N5O4S/c1-12-3-6-15(11-17(12)23)29-20(30)18(24)19(21(29)31)27-14-4-7-16(8-5-14)34(32,33)28-22-25-10-9-13(2)26-22/h3-11,27H,1-2H3,(H,25,26,28). The van der Waals surface area contributed by atoms with Crippen molar-refractivity contribution in [1.82, 2.24) is 9.97 Å². The molecule has 4 rings (SSSR count). The van der Waals surface area contributed by atoms with Gasteiger partial charge in [-0.3, -0.25) is 9.59 Å². The molecule has 2 amide bonds. The molecule has 2 aromatic carbocycles. The third kappa shape index (κ3) is 4.60. The van der Waals surface area contributed by atoms with Crippen LogP contribution < -0.4 is 14.9 Å². The normalized spacial score (nSPS) is 14.1. The summed E-state index contributed by atoms with van der Waals surface area (Å²) in [5.41, 5.74) is 1.90. The minimum Gasteiger partial charge on any atom is -0.350 e. The van der Waals surface area contributed by atoms with Gasteiger partial charge in [0.15, 0.2) is 0 Å². The van der Waals surface area contributed by atoms with Gasteiger partial charge < -0.3 is 5.32 Å². The number of nitrogens with zero attached hydrogens (tertiary/aromatic N) is 3. The Morgan fingerprint density at radius 2 is 1.65 bits per heavy atom. The molecule has 0 fully saturated rings. The van der Waals surface area contributed by atoms with Gasteiger partial charge in [-0.25, -0.2) is 28.0 Å². The van der Waals surface area contributed by atoms with Crippen molar-refractivity contribution in [3.05, 3.63) is 81.7 Å². The molecule has 174 valence electrons. The molecule has 34 heavy (non-hydrogen) atoms. The molecule has 1 aliphatic rings. The molecule has 0 bridgehead atoms. The summed E-state index contributed by atoms with van der Waals surface area (Å²) in [6, 6.07) is 12.0. The van der Waals surface area contributed by atoms with Crippen LogP contribution in [-0.4, -0.2) is 30.2 Å². The second-order valence-corrected chi connectivity index (χ2v) is 9.81. The van der Waals surface area contributed by atoms with Crippen LogP contribution in [0.25, 0.3) is 0 Å². The van der Waals surface area contributed by atoms with E-state index in [1.54, 1.807) is 32.0 Å². The number of carbonyl (C=O) groups excluding carboxylic acids is 2. The Morgan fingerprint density at radius 1 is 0.941 bits per heavy atom. The molecule has 2 heterocycles. The Hall–Kier alpha value is -3.47.